The smallest absolute Gasteiger partial charge is 0.295 e. The van der Waals surface area contributed by atoms with E-state index in [1.165, 1.54) is 0 Å². The number of aliphatic hydroxyl groups is 1. The zero-order chi connectivity index (χ0) is 23.5. The molecular weight excluding hydrogens is 418 g/mol. The number of likely N-dealkylation sites (N-methyl/N-ethyl adjacent to an activating group) is 1. The second-order valence-corrected chi connectivity index (χ2v) is 8.46. The van der Waals surface area contributed by atoms with E-state index in [0.717, 1.165) is 22.9 Å². The summed E-state index contributed by atoms with van der Waals surface area (Å²) in [6, 6.07) is 14.0. The van der Waals surface area contributed by atoms with E-state index in [0.29, 0.717) is 31.0 Å². The van der Waals surface area contributed by atoms with Crippen LogP contribution in [-0.2, 0) is 9.59 Å². The van der Waals surface area contributed by atoms with Gasteiger partial charge in [0.25, 0.3) is 11.7 Å². The number of Topliss-reactive ketones (excluding diaryl/α,β-unsaturated/α-hetero) is 1. The van der Waals surface area contributed by atoms with Gasteiger partial charge < -0.3 is 24.6 Å². The van der Waals surface area contributed by atoms with E-state index in [2.05, 4.69) is 4.98 Å². The minimum Gasteiger partial charge on any atom is -0.507 e. The van der Waals surface area contributed by atoms with E-state index >= 15 is 0 Å². The fraction of sp³-hybridized carbons (Fsp3) is 0.308. The Balaban J connectivity index is 1.85. The lowest BCUT2D eigenvalue weighted by molar-refractivity contribution is -0.140. The van der Waals surface area contributed by atoms with Crippen LogP contribution in [0.25, 0.3) is 16.7 Å². The Kier molecular flexibility index (Phi) is 6.51. The van der Waals surface area contributed by atoms with Gasteiger partial charge in [0.15, 0.2) is 0 Å². The van der Waals surface area contributed by atoms with Gasteiger partial charge in [-0.25, -0.2) is 0 Å². The van der Waals surface area contributed by atoms with Crippen LogP contribution < -0.4 is 4.74 Å². The topological polar surface area (TPSA) is 85.9 Å². The summed E-state index contributed by atoms with van der Waals surface area (Å²) in [5.41, 5.74) is 2.22. The zero-order valence-electron chi connectivity index (χ0n) is 19.2. The molecule has 7 heteroatoms. The number of carbonyl (C=O) groups excluding carboxylic acids is 2. The van der Waals surface area contributed by atoms with Crippen LogP contribution in [0.4, 0.5) is 0 Å². The Bertz CT molecular complexity index is 1210. The molecule has 0 spiro atoms. The van der Waals surface area contributed by atoms with Gasteiger partial charge in [-0.2, -0.15) is 0 Å². The van der Waals surface area contributed by atoms with Gasteiger partial charge in [-0.15, -0.1) is 0 Å². The molecule has 0 radical (unpaired) electrons. The van der Waals surface area contributed by atoms with Gasteiger partial charge in [-0.1, -0.05) is 37.3 Å². The normalized spacial score (nSPS) is 17.9. The second kappa shape index (κ2) is 9.50. The predicted octanol–water partition coefficient (Wildman–Crippen LogP) is 3.94. The fourth-order valence-corrected chi connectivity index (χ4v) is 4.17. The van der Waals surface area contributed by atoms with Gasteiger partial charge in [0, 0.05) is 41.3 Å². The summed E-state index contributed by atoms with van der Waals surface area (Å²) in [6.45, 7) is 3.51. The standard InChI is InChI=1S/C26H29N3O4/c1-4-14-33-18-9-7-8-17(15-18)24(30)22-23(20-16-27-21-11-6-5-10-19(20)21)29(13-12-28(2)3)26(32)25(22)31/h5-11,15-16,23,27,30H,4,12-14H2,1-3H3/b24-22+. The van der Waals surface area contributed by atoms with Gasteiger partial charge in [0.05, 0.1) is 18.2 Å². The third-order valence-electron chi connectivity index (χ3n) is 5.82. The molecule has 172 valence electrons. The largest absolute Gasteiger partial charge is 0.507 e. The number of benzene rings is 2. The number of nitrogens with zero attached hydrogens (tertiary/aromatic N) is 2. The molecule has 2 N–H and O–H groups in total. The average Bonchev–Trinajstić information content (AvgIpc) is 3.34. The molecule has 2 aromatic carbocycles. The highest BCUT2D eigenvalue weighted by Crippen LogP contribution is 2.42. The average molecular weight is 448 g/mol. The van der Waals surface area contributed by atoms with E-state index in [1.807, 2.05) is 56.4 Å². The lowest BCUT2D eigenvalue weighted by atomic mass is 9.95. The molecule has 3 aromatic rings. The van der Waals surface area contributed by atoms with Crippen molar-refractivity contribution in [3.05, 3.63) is 71.4 Å². The number of H-pyrrole nitrogens is 1. The maximum absolute atomic E-state index is 13.2. The predicted molar refractivity (Wildman–Crippen MR) is 128 cm³/mol. The number of amides is 1. The molecule has 2 heterocycles. The number of aliphatic hydroxyl groups excluding tert-OH is 1. The summed E-state index contributed by atoms with van der Waals surface area (Å²) >= 11 is 0. The van der Waals surface area contributed by atoms with Crippen LogP contribution in [0.1, 0.15) is 30.5 Å². The molecule has 0 saturated carbocycles. The first-order valence-electron chi connectivity index (χ1n) is 11.1. The highest BCUT2D eigenvalue weighted by Gasteiger charge is 2.46. The van der Waals surface area contributed by atoms with E-state index in [4.69, 9.17) is 4.74 Å². The highest BCUT2D eigenvalue weighted by molar-refractivity contribution is 6.46. The van der Waals surface area contributed by atoms with E-state index in [-0.39, 0.29) is 11.3 Å². The molecule has 1 amide bonds. The van der Waals surface area contributed by atoms with E-state index in [9.17, 15) is 14.7 Å². The maximum Gasteiger partial charge on any atom is 0.295 e. The number of nitrogens with one attached hydrogen (secondary N) is 1. The molecule has 7 nitrogen and oxygen atoms in total. The summed E-state index contributed by atoms with van der Waals surface area (Å²) in [7, 11) is 3.83. The number of likely N-dealkylation sites (tertiary alicyclic amines) is 1. The molecule has 1 saturated heterocycles. The number of carbonyl (C=O) groups is 2. The summed E-state index contributed by atoms with van der Waals surface area (Å²) in [6.07, 6.45) is 2.67. The number of ether oxygens (including phenoxy) is 1. The van der Waals surface area contributed by atoms with Crippen LogP contribution in [0.15, 0.2) is 60.3 Å². The molecule has 0 aliphatic carbocycles. The van der Waals surface area contributed by atoms with E-state index < -0.39 is 17.7 Å². The Hall–Kier alpha value is -3.58. The van der Waals surface area contributed by atoms with Crippen LogP contribution in [0.2, 0.25) is 0 Å². The van der Waals surface area contributed by atoms with Crippen molar-refractivity contribution in [2.75, 3.05) is 33.8 Å². The first-order chi connectivity index (χ1) is 15.9. The summed E-state index contributed by atoms with van der Waals surface area (Å²) < 4.78 is 5.69. The van der Waals surface area contributed by atoms with Crippen LogP contribution in [0.5, 0.6) is 5.75 Å². The summed E-state index contributed by atoms with van der Waals surface area (Å²) in [5, 5.41) is 12.2. The molecule has 1 unspecified atom stereocenters. The molecule has 33 heavy (non-hydrogen) atoms. The minimum absolute atomic E-state index is 0.0937. The first-order valence-corrected chi connectivity index (χ1v) is 11.1. The van der Waals surface area contributed by atoms with Gasteiger partial charge >= 0.3 is 0 Å². The molecule has 1 aliphatic heterocycles. The van der Waals surface area contributed by atoms with Gasteiger partial charge in [0.2, 0.25) is 0 Å². The number of aromatic nitrogens is 1. The Labute approximate surface area is 193 Å². The van der Waals surface area contributed by atoms with Crippen molar-refractivity contribution in [2.45, 2.75) is 19.4 Å². The zero-order valence-corrected chi connectivity index (χ0v) is 19.2. The maximum atomic E-state index is 13.2. The van der Waals surface area contributed by atoms with Crippen molar-refractivity contribution in [3.8, 4) is 5.75 Å². The lowest BCUT2D eigenvalue weighted by Crippen LogP contribution is -2.35. The van der Waals surface area contributed by atoms with Crippen molar-refractivity contribution >= 4 is 28.4 Å². The van der Waals surface area contributed by atoms with Gasteiger partial charge in [0.1, 0.15) is 11.5 Å². The Morgan fingerprint density at radius 2 is 1.94 bits per heavy atom. The number of hydrogen-bond donors (Lipinski definition) is 2. The molecular formula is C26H29N3O4. The number of fused-ring (bicyclic) bond motifs is 1. The van der Waals surface area contributed by atoms with Crippen LogP contribution in [0, 0.1) is 0 Å². The van der Waals surface area contributed by atoms with Crippen LogP contribution in [0.3, 0.4) is 0 Å². The third kappa shape index (κ3) is 4.36. The molecule has 4 rings (SSSR count). The molecule has 1 fully saturated rings. The number of ketones is 1. The fourth-order valence-electron chi connectivity index (χ4n) is 4.17. The highest BCUT2D eigenvalue weighted by atomic mass is 16.5. The van der Waals surface area contributed by atoms with Crippen LogP contribution in [-0.4, -0.2) is 65.4 Å². The van der Waals surface area contributed by atoms with E-state index in [1.54, 1.807) is 29.2 Å². The van der Waals surface area contributed by atoms with Crippen molar-refractivity contribution in [1.29, 1.82) is 0 Å². The SMILES string of the molecule is CCCOc1cccc(/C(O)=C2\C(=O)C(=O)N(CCN(C)C)C2c2c[nH]c3ccccc23)c1. The molecule has 1 atom stereocenters. The first kappa shape index (κ1) is 22.6. The second-order valence-electron chi connectivity index (χ2n) is 8.46. The molecule has 0 bridgehead atoms. The molecule has 1 aliphatic rings. The van der Waals surface area contributed by atoms with Crippen molar-refractivity contribution < 1.29 is 19.4 Å². The third-order valence-corrected chi connectivity index (χ3v) is 5.82. The Morgan fingerprint density at radius 3 is 2.70 bits per heavy atom. The quantitative estimate of drug-likeness (QED) is 0.310. The lowest BCUT2D eigenvalue weighted by Gasteiger charge is -2.26. The van der Waals surface area contributed by atoms with Crippen molar-refractivity contribution in [2.24, 2.45) is 0 Å². The minimum atomic E-state index is -0.693. The number of hydrogen-bond acceptors (Lipinski definition) is 5. The van der Waals surface area contributed by atoms with Gasteiger partial charge in [-0.05, 0) is 38.7 Å². The van der Waals surface area contributed by atoms with Crippen LogP contribution >= 0.6 is 0 Å². The number of para-hydroxylation sites is 1. The van der Waals surface area contributed by atoms with Gasteiger partial charge in [-0.3, -0.25) is 9.59 Å². The molecule has 1 aromatic heterocycles. The number of aromatic amines is 1. The van der Waals surface area contributed by atoms with Crippen molar-refractivity contribution in [3.63, 3.8) is 0 Å². The summed E-state index contributed by atoms with van der Waals surface area (Å²) in [4.78, 5) is 33.0. The Morgan fingerprint density at radius 1 is 1.15 bits per heavy atom. The monoisotopic (exact) mass is 447 g/mol. The number of rotatable bonds is 8. The summed E-state index contributed by atoms with van der Waals surface area (Å²) in [5.74, 6) is -0.877. The van der Waals surface area contributed by atoms with Crippen molar-refractivity contribution in [1.82, 2.24) is 14.8 Å².